The summed E-state index contributed by atoms with van der Waals surface area (Å²) in [5, 5.41) is 1.00. The van der Waals surface area contributed by atoms with Crippen LogP contribution >= 0.6 is 15.9 Å². The first-order chi connectivity index (χ1) is 7.27. The zero-order valence-electron chi connectivity index (χ0n) is 9.50. The van der Waals surface area contributed by atoms with Gasteiger partial charge in [0.2, 0.25) is 0 Å². The van der Waals surface area contributed by atoms with E-state index in [1.807, 2.05) is 6.92 Å². The molecule has 1 nitrogen and oxygen atoms in total. The van der Waals surface area contributed by atoms with Gasteiger partial charge in [-0.1, -0.05) is 45.8 Å². The number of halogens is 1. The summed E-state index contributed by atoms with van der Waals surface area (Å²) in [6.45, 7) is 5.83. The zero-order valence-corrected chi connectivity index (χ0v) is 11.1. The second-order valence-corrected chi connectivity index (χ2v) is 4.40. The Morgan fingerprint density at radius 2 is 2.20 bits per heavy atom. The van der Waals surface area contributed by atoms with Gasteiger partial charge in [-0.05, 0) is 31.7 Å². The summed E-state index contributed by atoms with van der Waals surface area (Å²) in [5.74, 6) is 0.566. The van der Waals surface area contributed by atoms with E-state index >= 15 is 0 Å². The van der Waals surface area contributed by atoms with Crippen molar-refractivity contribution in [3.8, 4) is 0 Å². The standard InChI is InChI=1S/C13H19BrO/c1-3-15-8-7-13(10-14)12-6-4-5-11(2)9-12/h4-6,9,13H,3,7-8,10H2,1-2H3. The van der Waals surface area contributed by atoms with Crippen LogP contribution in [-0.2, 0) is 4.74 Å². The van der Waals surface area contributed by atoms with Crippen molar-refractivity contribution < 1.29 is 4.74 Å². The minimum Gasteiger partial charge on any atom is -0.382 e. The van der Waals surface area contributed by atoms with Crippen molar-refractivity contribution in [2.75, 3.05) is 18.5 Å². The molecule has 84 valence electrons. The molecule has 0 aromatic heterocycles. The van der Waals surface area contributed by atoms with Gasteiger partial charge in [-0.25, -0.2) is 0 Å². The van der Waals surface area contributed by atoms with Gasteiger partial charge in [0.05, 0.1) is 0 Å². The van der Waals surface area contributed by atoms with Gasteiger partial charge in [0.25, 0.3) is 0 Å². The maximum Gasteiger partial charge on any atom is 0.0472 e. The van der Waals surface area contributed by atoms with Crippen molar-refractivity contribution in [2.24, 2.45) is 0 Å². The molecular formula is C13H19BrO. The molecule has 0 fully saturated rings. The van der Waals surface area contributed by atoms with Gasteiger partial charge in [-0.3, -0.25) is 0 Å². The molecule has 0 spiro atoms. The fourth-order valence-electron chi connectivity index (χ4n) is 1.63. The van der Waals surface area contributed by atoms with Crippen LogP contribution in [0.3, 0.4) is 0 Å². The smallest absolute Gasteiger partial charge is 0.0472 e. The van der Waals surface area contributed by atoms with Crippen LogP contribution in [0.15, 0.2) is 24.3 Å². The Kier molecular flexibility index (Phi) is 5.96. The Labute approximate surface area is 101 Å². The van der Waals surface area contributed by atoms with Crippen LogP contribution in [-0.4, -0.2) is 18.5 Å². The highest BCUT2D eigenvalue weighted by atomic mass is 79.9. The predicted octanol–water partition coefficient (Wildman–Crippen LogP) is 3.90. The van der Waals surface area contributed by atoms with E-state index in [1.54, 1.807) is 0 Å². The second kappa shape index (κ2) is 7.02. The van der Waals surface area contributed by atoms with Gasteiger partial charge in [0, 0.05) is 18.5 Å². The quantitative estimate of drug-likeness (QED) is 0.563. The van der Waals surface area contributed by atoms with Gasteiger partial charge in [-0.2, -0.15) is 0 Å². The fraction of sp³-hybridized carbons (Fsp3) is 0.538. The number of hydrogen-bond donors (Lipinski definition) is 0. The van der Waals surface area contributed by atoms with E-state index in [9.17, 15) is 0 Å². The summed E-state index contributed by atoms with van der Waals surface area (Å²) in [7, 11) is 0. The van der Waals surface area contributed by atoms with Crippen molar-refractivity contribution >= 4 is 15.9 Å². The highest BCUT2D eigenvalue weighted by Gasteiger charge is 2.09. The molecule has 0 amide bonds. The van der Waals surface area contributed by atoms with Crippen LogP contribution in [0, 0.1) is 6.92 Å². The first-order valence-electron chi connectivity index (χ1n) is 5.48. The van der Waals surface area contributed by atoms with Crippen molar-refractivity contribution in [2.45, 2.75) is 26.2 Å². The van der Waals surface area contributed by atoms with Crippen LogP contribution in [0.4, 0.5) is 0 Å². The summed E-state index contributed by atoms with van der Waals surface area (Å²) in [6, 6.07) is 8.72. The number of alkyl halides is 1. The lowest BCUT2D eigenvalue weighted by Gasteiger charge is -2.14. The molecule has 0 saturated heterocycles. The lowest BCUT2D eigenvalue weighted by Crippen LogP contribution is -2.05. The summed E-state index contributed by atoms with van der Waals surface area (Å²) >= 11 is 3.57. The lowest BCUT2D eigenvalue weighted by molar-refractivity contribution is 0.141. The third kappa shape index (κ3) is 4.35. The van der Waals surface area contributed by atoms with Gasteiger partial charge in [0.1, 0.15) is 0 Å². The number of rotatable bonds is 6. The highest BCUT2D eigenvalue weighted by molar-refractivity contribution is 9.09. The molecule has 1 unspecified atom stereocenters. The van der Waals surface area contributed by atoms with Gasteiger partial charge < -0.3 is 4.74 Å². The van der Waals surface area contributed by atoms with Crippen LogP contribution in [0.1, 0.15) is 30.4 Å². The average molecular weight is 271 g/mol. The number of benzene rings is 1. The molecule has 0 N–H and O–H groups in total. The molecule has 0 aliphatic rings. The fourth-order valence-corrected chi connectivity index (χ4v) is 2.32. The van der Waals surface area contributed by atoms with Crippen LogP contribution in [0.5, 0.6) is 0 Å². The monoisotopic (exact) mass is 270 g/mol. The molecule has 1 atom stereocenters. The Bertz CT molecular complexity index is 286. The van der Waals surface area contributed by atoms with E-state index in [4.69, 9.17) is 4.74 Å². The molecule has 1 rings (SSSR count). The second-order valence-electron chi connectivity index (χ2n) is 3.75. The molecule has 0 aliphatic carbocycles. The van der Waals surface area contributed by atoms with Crippen LogP contribution in [0.2, 0.25) is 0 Å². The van der Waals surface area contributed by atoms with E-state index in [0.29, 0.717) is 5.92 Å². The molecule has 0 aliphatic heterocycles. The maximum absolute atomic E-state index is 5.40. The van der Waals surface area contributed by atoms with Crippen molar-refractivity contribution in [3.63, 3.8) is 0 Å². The molecule has 0 bridgehead atoms. The normalized spacial score (nSPS) is 12.7. The third-order valence-corrected chi connectivity index (χ3v) is 3.30. The largest absolute Gasteiger partial charge is 0.382 e. The lowest BCUT2D eigenvalue weighted by atomic mass is 9.97. The molecule has 0 heterocycles. The van der Waals surface area contributed by atoms with Gasteiger partial charge in [0.15, 0.2) is 0 Å². The highest BCUT2D eigenvalue weighted by Crippen LogP contribution is 2.22. The first-order valence-corrected chi connectivity index (χ1v) is 6.60. The summed E-state index contributed by atoms with van der Waals surface area (Å²) < 4.78 is 5.40. The summed E-state index contributed by atoms with van der Waals surface area (Å²) in [4.78, 5) is 0. The SMILES string of the molecule is CCOCCC(CBr)c1cccc(C)c1. The van der Waals surface area contributed by atoms with E-state index in [1.165, 1.54) is 11.1 Å². The maximum atomic E-state index is 5.40. The molecule has 0 saturated carbocycles. The molecular weight excluding hydrogens is 252 g/mol. The van der Waals surface area contributed by atoms with E-state index < -0.39 is 0 Å². The predicted molar refractivity (Wildman–Crippen MR) is 68.8 cm³/mol. The Morgan fingerprint density at radius 1 is 1.40 bits per heavy atom. The minimum absolute atomic E-state index is 0.566. The Balaban J connectivity index is 2.57. The molecule has 2 heteroatoms. The minimum atomic E-state index is 0.566. The van der Waals surface area contributed by atoms with E-state index in [-0.39, 0.29) is 0 Å². The third-order valence-electron chi connectivity index (χ3n) is 2.51. The molecule has 1 aromatic carbocycles. The Morgan fingerprint density at radius 3 is 2.80 bits per heavy atom. The molecule has 15 heavy (non-hydrogen) atoms. The van der Waals surface area contributed by atoms with Crippen molar-refractivity contribution in [3.05, 3.63) is 35.4 Å². The molecule has 1 aromatic rings. The Hall–Kier alpha value is -0.340. The average Bonchev–Trinajstić information content (AvgIpc) is 2.24. The van der Waals surface area contributed by atoms with Crippen LogP contribution in [0.25, 0.3) is 0 Å². The van der Waals surface area contributed by atoms with Gasteiger partial charge >= 0.3 is 0 Å². The topological polar surface area (TPSA) is 9.23 Å². The van der Waals surface area contributed by atoms with Crippen molar-refractivity contribution in [1.29, 1.82) is 0 Å². The first kappa shape index (κ1) is 12.7. The summed E-state index contributed by atoms with van der Waals surface area (Å²) in [6.07, 6.45) is 1.09. The summed E-state index contributed by atoms with van der Waals surface area (Å²) in [5.41, 5.74) is 2.74. The van der Waals surface area contributed by atoms with Crippen molar-refractivity contribution in [1.82, 2.24) is 0 Å². The van der Waals surface area contributed by atoms with Gasteiger partial charge in [-0.15, -0.1) is 0 Å². The number of aryl methyl sites for hydroxylation is 1. The zero-order chi connectivity index (χ0) is 11.1. The van der Waals surface area contributed by atoms with E-state index in [2.05, 4.69) is 47.1 Å². The molecule has 0 radical (unpaired) electrons. The number of hydrogen-bond acceptors (Lipinski definition) is 1. The number of ether oxygens (including phenoxy) is 1. The van der Waals surface area contributed by atoms with Crippen LogP contribution < -0.4 is 0 Å². The van der Waals surface area contributed by atoms with E-state index in [0.717, 1.165) is 25.0 Å².